The van der Waals surface area contributed by atoms with Gasteiger partial charge in [0.1, 0.15) is 0 Å². The molecule has 0 unspecified atom stereocenters. The third kappa shape index (κ3) is 11.3. The molecule has 0 saturated heterocycles. The average molecular weight is 1350 g/mol. The number of hydrogen-bond acceptors (Lipinski definition) is 0. The summed E-state index contributed by atoms with van der Waals surface area (Å²) in [5.74, 6) is 0. The average Bonchev–Trinajstić information content (AvgIpc) is 0.614. The van der Waals surface area contributed by atoms with E-state index in [9.17, 15) is 0 Å². The number of rotatable bonds is 6. The van der Waals surface area contributed by atoms with Crippen LogP contribution in [0.4, 0.5) is 158 Å². The molecule has 0 N–H and O–H groups in total. The van der Waals surface area contributed by atoms with Crippen LogP contribution in [0.25, 0.3) is 0 Å². The summed E-state index contributed by atoms with van der Waals surface area (Å²) in [4.78, 5) is 0. The summed E-state index contributed by atoms with van der Waals surface area (Å²) in [7, 11) is 0. The second kappa shape index (κ2) is 19.4. The third-order valence-corrected chi connectivity index (χ3v) is 32.8. The quantitative estimate of drug-likeness (QED) is 0.115. The minimum atomic E-state index is -13.1. The fraction of sp³-hybridized carbons (Fsp3) is 0.250. The number of halogens is 36. The molecule has 0 fully saturated rings. The zero-order valence-corrected chi connectivity index (χ0v) is 41.3. The van der Waals surface area contributed by atoms with Crippen LogP contribution in [-0.2, 0) is 74.1 Å². The van der Waals surface area contributed by atoms with E-state index in [-0.39, 0.29) is 0 Å². The van der Waals surface area contributed by atoms with E-state index in [0.717, 1.165) is 0 Å². The Bertz CT molecular complexity index is 2760. The summed E-state index contributed by atoms with van der Waals surface area (Å²) in [6.45, 7) is 0. The molecule has 0 saturated carbocycles. The van der Waals surface area contributed by atoms with Gasteiger partial charge >= 0.3 is 446 Å². The first kappa shape index (κ1) is 67.5. The topological polar surface area (TPSA) is 0 Å². The van der Waals surface area contributed by atoms with Gasteiger partial charge < -0.3 is 0 Å². The van der Waals surface area contributed by atoms with Gasteiger partial charge in [-0.25, -0.2) is 0 Å². The van der Waals surface area contributed by atoms with Crippen molar-refractivity contribution in [3.05, 3.63) is 176 Å². The molecule has 6 rings (SSSR count). The maximum atomic E-state index is 15.6. The molecule has 0 amide bonds. The second-order valence-corrected chi connectivity index (χ2v) is 31.8. The molecule has 0 aliphatic heterocycles. The van der Waals surface area contributed by atoms with Gasteiger partial charge in [0, 0.05) is 0 Å². The maximum absolute atomic E-state index is 15.6. The molecular formula is C48H18AsF36-. The molecule has 6 aromatic carbocycles. The minimum absolute atomic E-state index is 1.44. The van der Waals surface area contributed by atoms with Crippen molar-refractivity contribution < 1.29 is 158 Å². The van der Waals surface area contributed by atoms with Gasteiger partial charge in [0.2, 0.25) is 0 Å². The summed E-state index contributed by atoms with van der Waals surface area (Å²) in [6.07, 6.45) is -84.5. The van der Waals surface area contributed by atoms with Gasteiger partial charge in [0.05, 0.1) is 0 Å². The molecule has 6 aromatic rings. The van der Waals surface area contributed by atoms with Gasteiger partial charge in [0.15, 0.2) is 0 Å². The third-order valence-electron chi connectivity index (χ3n) is 13.3. The van der Waals surface area contributed by atoms with Crippen molar-refractivity contribution in [3.63, 3.8) is 0 Å². The van der Waals surface area contributed by atoms with E-state index < -0.39 is 288 Å². The molecule has 0 aliphatic carbocycles. The monoisotopic (exact) mass is 1350 g/mol. The Labute approximate surface area is 445 Å². The summed E-state index contributed by atoms with van der Waals surface area (Å²) in [6, 6.07) is -27.9. The van der Waals surface area contributed by atoms with Crippen LogP contribution >= 0.6 is 0 Å². The first-order valence-electron chi connectivity index (χ1n) is 21.5. The van der Waals surface area contributed by atoms with E-state index >= 15 is 158 Å². The van der Waals surface area contributed by atoms with Crippen LogP contribution in [0.2, 0.25) is 0 Å². The van der Waals surface area contributed by atoms with E-state index in [2.05, 4.69) is 0 Å². The first-order valence-corrected chi connectivity index (χ1v) is 27.2. The van der Waals surface area contributed by atoms with E-state index in [1.165, 1.54) is 0 Å². The zero-order valence-electron chi connectivity index (χ0n) is 39.4. The van der Waals surface area contributed by atoms with Crippen LogP contribution in [0.5, 0.6) is 0 Å². The van der Waals surface area contributed by atoms with Gasteiger partial charge in [-0.15, -0.1) is 0 Å². The molecule has 0 radical (unpaired) electrons. The summed E-state index contributed by atoms with van der Waals surface area (Å²) < 4.78 is 538. The normalized spacial score (nSPS) is 15.2. The molecule has 0 heterocycles. The van der Waals surface area contributed by atoms with Crippen LogP contribution in [0, 0.1) is 0 Å². The molecule has 0 atom stereocenters. The van der Waals surface area contributed by atoms with Crippen molar-refractivity contribution in [1.29, 1.82) is 0 Å². The first-order chi connectivity index (χ1) is 37.6. The summed E-state index contributed by atoms with van der Waals surface area (Å²) in [5.41, 5.74) is -43.0. The molecular weight excluding hydrogens is 1340 g/mol. The Hall–Kier alpha value is -6.64. The van der Waals surface area contributed by atoms with Gasteiger partial charge in [-0.1, -0.05) is 0 Å². The molecule has 0 spiro atoms. The van der Waals surface area contributed by atoms with E-state index in [1.807, 2.05) is 0 Å². The number of hydrogen-bond donors (Lipinski definition) is 0. The van der Waals surface area contributed by atoms with Crippen molar-refractivity contribution in [3.8, 4) is 0 Å². The Kier molecular flexibility index (Phi) is 15.4. The standard InChI is InChI=1S/C48H18AsF36/c50-37(51,52)19-1-20(38(53,54)55)8-31(7-19)49(32-9-21(39(56,57)58)2-22(10-32)40(59,60)61,33-11-23(41(62,63)64)3-24(12-33)42(65,66)67,34-13-25(43(68,69)70)4-26(14-34)44(71,72)73,35-15-27(45(74,75)76)5-28(16-35)46(77,78)79)36-17-29(47(80,81)82)6-30(18-36)48(83,84)85/h1-18H/q-1. The number of benzene rings is 6. The van der Waals surface area contributed by atoms with Crippen molar-refractivity contribution in [2.75, 3.05) is 0 Å². The van der Waals surface area contributed by atoms with Crippen LogP contribution in [0.3, 0.4) is 0 Å². The van der Waals surface area contributed by atoms with E-state index in [0.29, 0.717) is 0 Å². The SMILES string of the molecule is FC(F)(F)c1cc(C(F)(F)F)cc([As-](c2cc(C(F)(F)F)cc(C(F)(F)F)c2)(c2cc(C(F)(F)F)cc(C(F)(F)F)c2)(c2cc(C(F)(F)F)cc(C(F)(F)F)c2)(c2cc(C(F)(F)F)cc(C(F)(F)F)c2)c2cc(C(F)(F)F)cc(C(F)(F)F)c2)c1. The van der Waals surface area contributed by atoms with Crippen molar-refractivity contribution >= 4 is 37.5 Å². The van der Waals surface area contributed by atoms with Gasteiger partial charge in [0.25, 0.3) is 0 Å². The van der Waals surface area contributed by atoms with E-state index in [1.54, 1.807) is 0 Å². The Morgan fingerprint density at radius 1 is 0.129 bits per heavy atom. The molecule has 0 bridgehead atoms. The predicted octanol–water partition coefficient (Wildman–Crippen LogP) is 17.0. The molecule has 0 aromatic heterocycles. The molecule has 85 heavy (non-hydrogen) atoms. The van der Waals surface area contributed by atoms with Gasteiger partial charge in [-0.3, -0.25) is 0 Å². The van der Waals surface area contributed by atoms with E-state index in [4.69, 9.17) is 0 Å². The molecule has 468 valence electrons. The number of alkyl halides is 36. The van der Waals surface area contributed by atoms with Gasteiger partial charge in [-0.2, -0.15) is 0 Å². The Balaban J connectivity index is 2.66. The van der Waals surface area contributed by atoms with Crippen molar-refractivity contribution in [1.82, 2.24) is 0 Å². The zero-order chi connectivity index (χ0) is 65.5. The fourth-order valence-corrected chi connectivity index (χ4v) is 30.8. The van der Waals surface area contributed by atoms with Crippen LogP contribution < -0.4 is 26.1 Å². The summed E-state index contributed by atoms with van der Waals surface area (Å²) >= 11 is -13.1. The predicted molar refractivity (Wildman–Crippen MR) is 222 cm³/mol. The van der Waals surface area contributed by atoms with Crippen LogP contribution in [-0.4, -0.2) is 11.3 Å². The molecule has 37 heteroatoms. The van der Waals surface area contributed by atoms with Crippen molar-refractivity contribution in [2.45, 2.75) is 74.1 Å². The summed E-state index contributed by atoms with van der Waals surface area (Å²) in [5, 5.41) is 0. The Morgan fingerprint density at radius 2 is 0.200 bits per heavy atom. The van der Waals surface area contributed by atoms with Crippen molar-refractivity contribution in [2.24, 2.45) is 0 Å². The Morgan fingerprint density at radius 3 is 0.259 bits per heavy atom. The van der Waals surface area contributed by atoms with Gasteiger partial charge in [-0.05, 0) is 0 Å². The van der Waals surface area contributed by atoms with Crippen LogP contribution in [0.1, 0.15) is 66.8 Å². The molecule has 0 aliphatic rings. The second-order valence-electron chi connectivity index (χ2n) is 18.3. The fourth-order valence-electron chi connectivity index (χ4n) is 9.80. The van der Waals surface area contributed by atoms with Crippen LogP contribution in [0.15, 0.2) is 109 Å². The molecule has 0 nitrogen and oxygen atoms in total.